The Hall–Kier alpha value is -2.17. The number of hydrogen-bond acceptors (Lipinski definition) is 4. The van der Waals surface area contributed by atoms with Gasteiger partial charge in [0.2, 0.25) is 0 Å². The van der Waals surface area contributed by atoms with E-state index < -0.39 is 0 Å². The number of nitrogens with zero attached hydrogens (tertiary/aromatic N) is 4. The lowest BCUT2D eigenvalue weighted by Gasteiger charge is -2.37. The van der Waals surface area contributed by atoms with E-state index in [0.717, 1.165) is 49.8 Å². The molecular weight excluding hydrogens is 262 g/mol. The van der Waals surface area contributed by atoms with Crippen molar-refractivity contribution in [2.45, 2.75) is 13.3 Å². The van der Waals surface area contributed by atoms with E-state index in [1.807, 2.05) is 11.7 Å². The molecule has 5 nitrogen and oxygen atoms in total. The number of hydrogen-bond donors (Lipinski definition) is 1. The zero-order chi connectivity index (χ0) is 14.8. The second-order valence-corrected chi connectivity index (χ2v) is 5.47. The average Bonchev–Trinajstić information content (AvgIpc) is 2.82. The molecule has 112 valence electrons. The van der Waals surface area contributed by atoms with Crippen LogP contribution in [-0.2, 0) is 13.5 Å². The molecule has 1 aromatic carbocycles. The molecule has 0 atom stereocenters. The van der Waals surface area contributed by atoms with Gasteiger partial charge in [0, 0.05) is 38.9 Å². The van der Waals surface area contributed by atoms with Crippen LogP contribution in [0.4, 0.5) is 17.2 Å². The molecule has 0 radical (unpaired) electrons. The normalized spacial score (nSPS) is 15.5. The number of para-hydroxylation sites is 1. The lowest BCUT2D eigenvalue weighted by atomic mass is 10.2. The molecule has 0 bridgehead atoms. The van der Waals surface area contributed by atoms with Crippen LogP contribution in [-0.4, -0.2) is 36.0 Å². The first kappa shape index (κ1) is 13.8. The smallest absolute Gasteiger partial charge is 0.150 e. The number of nitrogens with two attached hydrogens (primary N) is 1. The third-order valence-corrected chi connectivity index (χ3v) is 4.16. The molecule has 1 aliphatic heterocycles. The molecule has 0 unspecified atom stereocenters. The Morgan fingerprint density at radius 2 is 1.67 bits per heavy atom. The van der Waals surface area contributed by atoms with Crippen molar-refractivity contribution in [2.75, 3.05) is 41.7 Å². The van der Waals surface area contributed by atoms with Crippen molar-refractivity contribution in [3.8, 4) is 0 Å². The van der Waals surface area contributed by atoms with E-state index in [4.69, 9.17) is 5.73 Å². The van der Waals surface area contributed by atoms with E-state index in [2.05, 4.69) is 52.2 Å². The number of nitrogen functional groups attached to an aromatic ring is 1. The Morgan fingerprint density at radius 1 is 1.05 bits per heavy atom. The van der Waals surface area contributed by atoms with Crippen LogP contribution < -0.4 is 15.5 Å². The third kappa shape index (κ3) is 2.55. The first-order valence-electron chi connectivity index (χ1n) is 7.57. The van der Waals surface area contributed by atoms with Crippen molar-refractivity contribution >= 4 is 17.2 Å². The molecule has 0 aliphatic carbocycles. The van der Waals surface area contributed by atoms with E-state index in [0.29, 0.717) is 0 Å². The predicted octanol–water partition coefficient (Wildman–Crippen LogP) is 1.89. The minimum atomic E-state index is 0.841. The number of anilines is 3. The maximum atomic E-state index is 6.25. The molecule has 2 aromatic rings. The van der Waals surface area contributed by atoms with Crippen molar-refractivity contribution in [3.63, 3.8) is 0 Å². The summed E-state index contributed by atoms with van der Waals surface area (Å²) in [6, 6.07) is 10.6. The highest BCUT2D eigenvalue weighted by molar-refractivity contribution is 5.67. The Morgan fingerprint density at radius 3 is 2.24 bits per heavy atom. The number of piperazine rings is 1. The second-order valence-electron chi connectivity index (χ2n) is 5.47. The Bertz CT molecular complexity index is 597. The van der Waals surface area contributed by atoms with Gasteiger partial charge in [-0.15, -0.1) is 0 Å². The highest BCUT2D eigenvalue weighted by atomic mass is 15.4. The lowest BCUT2D eigenvalue weighted by molar-refractivity contribution is 0.624. The van der Waals surface area contributed by atoms with Crippen LogP contribution in [0.15, 0.2) is 30.3 Å². The summed E-state index contributed by atoms with van der Waals surface area (Å²) in [4.78, 5) is 4.77. The summed E-state index contributed by atoms with van der Waals surface area (Å²) in [6.07, 6.45) is 0.879. The quantitative estimate of drug-likeness (QED) is 0.935. The van der Waals surface area contributed by atoms with Gasteiger partial charge in [-0.25, -0.2) is 0 Å². The Balaban J connectivity index is 1.73. The summed E-state index contributed by atoms with van der Waals surface area (Å²) in [7, 11) is 1.98. The van der Waals surface area contributed by atoms with Crippen molar-refractivity contribution in [1.29, 1.82) is 0 Å². The summed E-state index contributed by atoms with van der Waals surface area (Å²) < 4.78 is 1.92. The van der Waals surface area contributed by atoms with Gasteiger partial charge in [0.25, 0.3) is 0 Å². The first-order chi connectivity index (χ1) is 10.2. The predicted molar refractivity (Wildman–Crippen MR) is 87.9 cm³/mol. The fourth-order valence-corrected chi connectivity index (χ4v) is 3.04. The Kier molecular flexibility index (Phi) is 3.73. The molecule has 3 rings (SSSR count). The van der Waals surface area contributed by atoms with Gasteiger partial charge < -0.3 is 15.5 Å². The van der Waals surface area contributed by atoms with Gasteiger partial charge in [-0.3, -0.25) is 4.68 Å². The molecule has 1 aliphatic rings. The molecule has 2 heterocycles. The van der Waals surface area contributed by atoms with E-state index in [1.54, 1.807) is 0 Å². The van der Waals surface area contributed by atoms with Crippen molar-refractivity contribution in [2.24, 2.45) is 7.05 Å². The number of aromatic nitrogens is 2. The molecule has 5 heteroatoms. The van der Waals surface area contributed by atoms with Crippen LogP contribution in [0.3, 0.4) is 0 Å². The first-order valence-corrected chi connectivity index (χ1v) is 7.57. The standard InChI is InChI=1S/C16H23N5/c1-3-14-15(17)16(19(2)18-14)21-11-9-20(10-12-21)13-7-5-4-6-8-13/h4-8H,3,9-12,17H2,1-2H3. The maximum absolute atomic E-state index is 6.25. The van der Waals surface area contributed by atoms with E-state index in [-0.39, 0.29) is 0 Å². The van der Waals surface area contributed by atoms with Gasteiger partial charge in [-0.1, -0.05) is 25.1 Å². The van der Waals surface area contributed by atoms with Crippen LogP contribution in [0.2, 0.25) is 0 Å². The summed E-state index contributed by atoms with van der Waals surface area (Å²) >= 11 is 0. The largest absolute Gasteiger partial charge is 0.394 e. The minimum Gasteiger partial charge on any atom is -0.394 e. The number of rotatable bonds is 3. The van der Waals surface area contributed by atoms with Crippen LogP contribution in [0.25, 0.3) is 0 Å². The van der Waals surface area contributed by atoms with Crippen molar-refractivity contribution < 1.29 is 0 Å². The van der Waals surface area contributed by atoms with Crippen LogP contribution in [0, 0.1) is 0 Å². The molecule has 0 spiro atoms. The van der Waals surface area contributed by atoms with Gasteiger partial charge in [-0.05, 0) is 18.6 Å². The van der Waals surface area contributed by atoms with E-state index in [1.165, 1.54) is 5.69 Å². The number of benzene rings is 1. The molecule has 0 amide bonds. The molecule has 21 heavy (non-hydrogen) atoms. The zero-order valence-corrected chi connectivity index (χ0v) is 12.8. The highest BCUT2D eigenvalue weighted by Crippen LogP contribution is 2.28. The molecule has 0 saturated carbocycles. The summed E-state index contributed by atoms with van der Waals surface area (Å²) in [5, 5.41) is 4.52. The van der Waals surface area contributed by atoms with Gasteiger partial charge in [0.1, 0.15) is 0 Å². The fraction of sp³-hybridized carbons (Fsp3) is 0.438. The molecule has 1 aromatic heterocycles. The average molecular weight is 285 g/mol. The summed E-state index contributed by atoms with van der Waals surface area (Å²) in [5.41, 5.74) is 9.39. The minimum absolute atomic E-state index is 0.841. The highest BCUT2D eigenvalue weighted by Gasteiger charge is 2.23. The van der Waals surface area contributed by atoms with Crippen molar-refractivity contribution in [1.82, 2.24) is 9.78 Å². The van der Waals surface area contributed by atoms with Gasteiger partial charge in [-0.2, -0.15) is 5.10 Å². The summed E-state index contributed by atoms with van der Waals surface area (Å²) in [6.45, 7) is 6.06. The molecule has 1 fully saturated rings. The van der Waals surface area contributed by atoms with Crippen LogP contribution in [0.1, 0.15) is 12.6 Å². The van der Waals surface area contributed by atoms with Gasteiger partial charge in [0.05, 0.1) is 11.4 Å². The Labute approximate surface area is 126 Å². The van der Waals surface area contributed by atoms with Crippen LogP contribution >= 0.6 is 0 Å². The molecule has 2 N–H and O–H groups in total. The van der Waals surface area contributed by atoms with Crippen molar-refractivity contribution in [3.05, 3.63) is 36.0 Å². The molecular formula is C16H23N5. The zero-order valence-electron chi connectivity index (χ0n) is 12.8. The SMILES string of the molecule is CCc1nn(C)c(N2CCN(c3ccccc3)CC2)c1N. The van der Waals surface area contributed by atoms with Gasteiger partial charge in [0.15, 0.2) is 5.82 Å². The molecule has 1 saturated heterocycles. The monoisotopic (exact) mass is 285 g/mol. The lowest BCUT2D eigenvalue weighted by Crippen LogP contribution is -2.47. The third-order valence-electron chi connectivity index (χ3n) is 4.16. The fourth-order valence-electron chi connectivity index (χ4n) is 3.04. The maximum Gasteiger partial charge on any atom is 0.150 e. The van der Waals surface area contributed by atoms with Crippen LogP contribution in [0.5, 0.6) is 0 Å². The van der Waals surface area contributed by atoms with E-state index in [9.17, 15) is 0 Å². The van der Waals surface area contributed by atoms with E-state index >= 15 is 0 Å². The topological polar surface area (TPSA) is 50.3 Å². The second kappa shape index (κ2) is 5.68. The number of aryl methyl sites for hydroxylation is 2. The summed E-state index contributed by atoms with van der Waals surface area (Å²) in [5.74, 6) is 1.07. The van der Waals surface area contributed by atoms with Gasteiger partial charge >= 0.3 is 0 Å².